The fraction of sp³-hybridized carbons (Fsp3) is 0.0526. The third-order valence-electron chi connectivity index (χ3n) is 3.73. The number of rotatable bonds is 4. The van der Waals surface area contributed by atoms with Crippen molar-refractivity contribution in [1.29, 1.82) is 0 Å². The summed E-state index contributed by atoms with van der Waals surface area (Å²) in [5, 5.41) is 4.36. The molecular formula is C19H12Cl2F2N2O2. The molecule has 0 saturated heterocycles. The van der Waals surface area contributed by atoms with E-state index < -0.39 is 17.2 Å². The lowest BCUT2D eigenvalue weighted by Gasteiger charge is -2.13. The third-order valence-corrected chi connectivity index (χ3v) is 4.34. The Labute approximate surface area is 163 Å². The molecule has 0 spiro atoms. The first kappa shape index (κ1) is 19.1. The molecule has 0 aliphatic heterocycles. The van der Waals surface area contributed by atoms with E-state index in [0.29, 0.717) is 5.56 Å². The summed E-state index contributed by atoms with van der Waals surface area (Å²) in [5.74, 6) is -1.54. The van der Waals surface area contributed by atoms with Gasteiger partial charge in [0.25, 0.3) is 5.56 Å². The van der Waals surface area contributed by atoms with Crippen LogP contribution < -0.4 is 5.56 Å². The van der Waals surface area contributed by atoms with Crippen molar-refractivity contribution in [3.63, 3.8) is 0 Å². The van der Waals surface area contributed by atoms with Gasteiger partial charge in [-0.15, -0.1) is 0 Å². The molecule has 0 aliphatic carbocycles. The van der Waals surface area contributed by atoms with Crippen molar-refractivity contribution in [1.82, 2.24) is 4.57 Å². The first-order chi connectivity index (χ1) is 12.9. The lowest BCUT2D eigenvalue weighted by molar-refractivity contribution is 0.214. The van der Waals surface area contributed by atoms with Crippen molar-refractivity contribution in [2.45, 2.75) is 0 Å². The second kappa shape index (κ2) is 7.90. The van der Waals surface area contributed by atoms with Crippen LogP contribution in [0.1, 0.15) is 11.1 Å². The van der Waals surface area contributed by atoms with Gasteiger partial charge in [-0.3, -0.25) is 9.36 Å². The van der Waals surface area contributed by atoms with Crippen LogP contribution in [0.5, 0.6) is 0 Å². The molecule has 8 heteroatoms. The zero-order valence-corrected chi connectivity index (χ0v) is 15.4. The summed E-state index contributed by atoms with van der Waals surface area (Å²) >= 11 is 12.4. The third kappa shape index (κ3) is 3.86. The molecule has 1 heterocycles. The van der Waals surface area contributed by atoms with Crippen molar-refractivity contribution in [2.24, 2.45) is 5.16 Å². The van der Waals surface area contributed by atoms with E-state index in [1.165, 1.54) is 36.1 Å². The van der Waals surface area contributed by atoms with Crippen LogP contribution in [0.4, 0.5) is 8.78 Å². The lowest BCUT2D eigenvalue weighted by Crippen LogP contribution is -2.20. The molecule has 0 radical (unpaired) electrons. The largest absolute Gasteiger partial charge is 0.399 e. The Morgan fingerprint density at radius 1 is 1.07 bits per heavy atom. The molecule has 1 aromatic heterocycles. The molecule has 0 N–H and O–H groups in total. The van der Waals surface area contributed by atoms with Crippen LogP contribution in [0.15, 0.2) is 64.7 Å². The van der Waals surface area contributed by atoms with Gasteiger partial charge in [-0.05, 0) is 30.3 Å². The molecular weight excluding hydrogens is 397 g/mol. The highest BCUT2D eigenvalue weighted by Gasteiger charge is 2.17. The first-order valence-electron chi connectivity index (χ1n) is 7.66. The first-order valence-corrected chi connectivity index (χ1v) is 8.42. The number of para-hydroxylation sites is 1. The second-order valence-corrected chi connectivity index (χ2v) is 6.26. The van der Waals surface area contributed by atoms with E-state index in [4.69, 9.17) is 28.0 Å². The number of oxime groups is 1. The molecule has 3 aromatic rings. The fourth-order valence-corrected chi connectivity index (χ4v) is 3.13. The van der Waals surface area contributed by atoms with Gasteiger partial charge in [0.2, 0.25) is 0 Å². The van der Waals surface area contributed by atoms with E-state index in [1.807, 2.05) is 0 Å². The Bertz CT molecular complexity index is 1080. The van der Waals surface area contributed by atoms with Crippen molar-refractivity contribution in [2.75, 3.05) is 7.11 Å². The molecule has 138 valence electrons. The Hall–Kier alpha value is -2.70. The minimum Gasteiger partial charge on any atom is -0.399 e. The highest BCUT2D eigenvalue weighted by molar-refractivity contribution is 6.37. The number of pyridine rings is 1. The van der Waals surface area contributed by atoms with Gasteiger partial charge in [-0.1, -0.05) is 34.4 Å². The minimum atomic E-state index is -0.820. The van der Waals surface area contributed by atoms with Crippen molar-refractivity contribution in [3.8, 4) is 5.69 Å². The SMILES string of the molecule is CON=C(c1ccc(=O)n(-c2c(Cl)cccc2Cl)c1)c1ccc(F)cc1F. The minimum absolute atomic E-state index is 0.00806. The fourth-order valence-electron chi connectivity index (χ4n) is 2.55. The van der Waals surface area contributed by atoms with Gasteiger partial charge in [-0.2, -0.15) is 0 Å². The van der Waals surface area contributed by atoms with Crippen LogP contribution in [0.3, 0.4) is 0 Å². The lowest BCUT2D eigenvalue weighted by atomic mass is 10.0. The second-order valence-electron chi connectivity index (χ2n) is 5.44. The highest BCUT2D eigenvalue weighted by Crippen LogP contribution is 2.27. The maximum absolute atomic E-state index is 14.3. The average molecular weight is 409 g/mol. The summed E-state index contributed by atoms with van der Waals surface area (Å²) in [6.45, 7) is 0. The molecule has 0 amide bonds. The van der Waals surface area contributed by atoms with E-state index in [9.17, 15) is 13.6 Å². The Morgan fingerprint density at radius 2 is 1.78 bits per heavy atom. The number of nitrogens with zero attached hydrogens (tertiary/aromatic N) is 2. The number of hydrogen-bond acceptors (Lipinski definition) is 3. The molecule has 4 nitrogen and oxygen atoms in total. The molecule has 27 heavy (non-hydrogen) atoms. The summed E-state index contributed by atoms with van der Waals surface area (Å²) in [4.78, 5) is 17.2. The molecule has 0 unspecified atom stereocenters. The van der Waals surface area contributed by atoms with Crippen LogP contribution in [0, 0.1) is 11.6 Å². The monoisotopic (exact) mass is 408 g/mol. The predicted octanol–water partition coefficient (Wildman–Crippen LogP) is 4.82. The number of halogens is 4. The van der Waals surface area contributed by atoms with E-state index in [-0.39, 0.29) is 27.0 Å². The average Bonchev–Trinajstić information content (AvgIpc) is 2.62. The van der Waals surface area contributed by atoms with Crippen LogP contribution in [-0.2, 0) is 4.84 Å². The maximum Gasteiger partial charge on any atom is 0.255 e. The zero-order chi connectivity index (χ0) is 19.6. The van der Waals surface area contributed by atoms with Gasteiger partial charge in [0.1, 0.15) is 24.5 Å². The summed E-state index contributed by atoms with van der Waals surface area (Å²) < 4.78 is 28.7. The van der Waals surface area contributed by atoms with Gasteiger partial charge in [-0.25, -0.2) is 8.78 Å². The van der Waals surface area contributed by atoms with Gasteiger partial charge >= 0.3 is 0 Å². The van der Waals surface area contributed by atoms with Gasteiger partial charge in [0, 0.05) is 29.5 Å². The molecule has 0 atom stereocenters. The zero-order valence-electron chi connectivity index (χ0n) is 13.9. The molecule has 0 saturated carbocycles. The quantitative estimate of drug-likeness (QED) is 0.458. The smallest absolute Gasteiger partial charge is 0.255 e. The summed E-state index contributed by atoms with van der Waals surface area (Å²) in [6.07, 6.45) is 1.41. The topological polar surface area (TPSA) is 43.6 Å². The van der Waals surface area contributed by atoms with Crippen molar-refractivity contribution < 1.29 is 13.6 Å². The molecule has 0 aliphatic rings. The normalized spacial score (nSPS) is 11.5. The molecule has 2 aromatic carbocycles. The molecule has 0 bridgehead atoms. The standard InChI is InChI=1S/C19H12Cl2F2N2O2/c1-27-24-18(13-7-6-12(22)9-16(13)23)11-5-8-17(26)25(10-11)19-14(20)3-2-4-15(19)21/h2-10H,1H3. The van der Waals surface area contributed by atoms with Crippen LogP contribution in [0.25, 0.3) is 5.69 Å². The van der Waals surface area contributed by atoms with Gasteiger partial charge < -0.3 is 4.84 Å². The Morgan fingerprint density at radius 3 is 2.41 bits per heavy atom. The summed E-state index contributed by atoms with van der Waals surface area (Å²) in [5.41, 5.74) is 0.313. The number of benzene rings is 2. The van der Waals surface area contributed by atoms with Crippen molar-refractivity contribution in [3.05, 3.63) is 97.9 Å². The van der Waals surface area contributed by atoms with Gasteiger partial charge in [0.15, 0.2) is 0 Å². The molecule has 3 rings (SSSR count). The number of aromatic nitrogens is 1. The van der Waals surface area contributed by atoms with Crippen LogP contribution >= 0.6 is 23.2 Å². The predicted molar refractivity (Wildman–Crippen MR) is 101 cm³/mol. The van der Waals surface area contributed by atoms with E-state index >= 15 is 0 Å². The molecule has 0 fully saturated rings. The maximum atomic E-state index is 14.3. The van der Waals surface area contributed by atoms with Crippen LogP contribution in [0.2, 0.25) is 10.0 Å². The van der Waals surface area contributed by atoms with E-state index in [2.05, 4.69) is 5.16 Å². The van der Waals surface area contributed by atoms with Crippen molar-refractivity contribution >= 4 is 28.9 Å². The Kier molecular flexibility index (Phi) is 5.58. The highest BCUT2D eigenvalue weighted by atomic mass is 35.5. The summed E-state index contributed by atoms with van der Waals surface area (Å²) in [7, 11) is 1.29. The number of hydrogen-bond donors (Lipinski definition) is 0. The summed E-state index contributed by atoms with van der Waals surface area (Å²) in [6, 6.07) is 10.6. The van der Waals surface area contributed by atoms with E-state index in [1.54, 1.807) is 18.2 Å². The van der Waals surface area contributed by atoms with E-state index in [0.717, 1.165) is 12.1 Å². The Balaban J connectivity index is 2.22. The van der Waals surface area contributed by atoms with Crippen LogP contribution in [-0.4, -0.2) is 17.4 Å². The van der Waals surface area contributed by atoms with Gasteiger partial charge in [0.05, 0.1) is 15.7 Å².